The first-order valence-electron chi connectivity index (χ1n) is 6.32. The van der Waals surface area contributed by atoms with E-state index < -0.39 is 0 Å². The zero-order chi connectivity index (χ0) is 13.1. The van der Waals surface area contributed by atoms with Gasteiger partial charge in [-0.25, -0.2) is 4.79 Å². The molecule has 3 heteroatoms. The average molecular weight is 244 g/mol. The SMILES string of the molecule is C=C(C)Cc1ccc2c(c1)CN(C(=O)NC)CC2. The highest BCUT2D eigenvalue weighted by molar-refractivity contribution is 5.74. The number of benzene rings is 1. The molecule has 2 amide bonds. The van der Waals surface area contributed by atoms with Crippen LogP contribution in [0.25, 0.3) is 0 Å². The van der Waals surface area contributed by atoms with Crippen molar-refractivity contribution < 1.29 is 4.79 Å². The molecule has 0 radical (unpaired) electrons. The molecule has 1 N–H and O–H groups in total. The van der Waals surface area contributed by atoms with Crippen molar-refractivity contribution in [2.75, 3.05) is 13.6 Å². The number of hydrogen-bond acceptors (Lipinski definition) is 1. The Morgan fingerprint density at radius 3 is 2.89 bits per heavy atom. The second kappa shape index (κ2) is 5.25. The van der Waals surface area contributed by atoms with E-state index in [4.69, 9.17) is 0 Å². The molecule has 1 aromatic rings. The van der Waals surface area contributed by atoms with Crippen molar-refractivity contribution in [1.29, 1.82) is 0 Å². The Labute approximate surface area is 108 Å². The zero-order valence-corrected chi connectivity index (χ0v) is 11.1. The van der Waals surface area contributed by atoms with E-state index in [9.17, 15) is 4.79 Å². The molecule has 0 aromatic heterocycles. The van der Waals surface area contributed by atoms with Gasteiger partial charge in [0.25, 0.3) is 0 Å². The van der Waals surface area contributed by atoms with Crippen molar-refractivity contribution >= 4 is 6.03 Å². The molecule has 96 valence electrons. The van der Waals surface area contributed by atoms with Crippen molar-refractivity contribution in [3.05, 3.63) is 47.0 Å². The molecule has 1 heterocycles. The molecule has 2 rings (SSSR count). The Morgan fingerprint density at radius 2 is 2.22 bits per heavy atom. The third-order valence-corrected chi connectivity index (χ3v) is 3.29. The maximum absolute atomic E-state index is 11.6. The number of hydrogen-bond donors (Lipinski definition) is 1. The van der Waals surface area contributed by atoms with Crippen molar-refractivity contribution in [2.45, 2.75) is 26.3 Å². The molecule has 1 aromatic carbocycles. The van der Waals surface area contributed by atoms with E-state index in [1.54, 1.807) is 7.05 Å². The van der Waals surface area contributed by atoms with Gasteiger partial charge in [0.15, 0.2) is 0 Å². The highest BCUT2D eigenvalue weighted by Crippen LogP contribution is 2.21. The lowest BCUT2D eigenvalue weighted by Crippen LogP contribution is -2.41. The van der Waals surface area contributed by atoms with Crippen LogP contribution < -0.4 is 5.32 Å². The van der Waals surface area contributed by atoms with Crippen LogP contribution in [0.3, 0.4) is 0 Å². The topological polar surface area (TPSA) is 32.3 Å². The van der Waals surface area contributed by atoms with Crippen LogP contribution in [-0.2, 0) is 19.4 Å². The first kappa shape index (κ1) is 12.7. The molecule has 1 aliphatic rings. The Hall–Kier alpha value is -1.77. The number of nitrogens with one attached hydrogen (secondary N) is 1. The average Bonchev–Trinajstić information content (AvgIpc) is 2.36. The normalized spacial score (nSPS) is 14.0. The monoisotopic (exact) mass is 244 g/mol. The Morgan fingerprint density at radius 1 is 1.44 bits per heavy atom. The third kappa shape index (κ3) is 2.73. The molecule has 0 saturated heterocycles. The fraction of sp³-hybridized carbons (Fsp3) is 0.400. The minimum Gasteiger partial charge on any atom is -0.341 e. The Kier molecular flexibility index (Phi) is 3.70. The van der Waals surface area contributed by atoms with E-state index in [1.165, 1.54) is 16.7 Å². The minimum absolute atomic E-state index is 0.00551. The fourth-order valence-corrected chi connectivity index (χ4v) is 2.40. The number of carbonyl (C=O) groups excluding carboxylic acids is 1. The van der Waals surface area contributed by atoms with E-state index >= 15 is 0 Å². The number of urea groups is 1. The van der Waals surface area contributed by atoms with Crippen molar-refractivity contribution in [2.24, 2.45) is 0 Å². The van der Waals surface area contributed by atoms with E-state index in [2.05, 4.69) is 30.1 Å². The van der Waals surface area contributed by atoms with Gasteiger partial charge in [-0.15, -0.1) is 0 Å². The van der Waals surface area contributed by atoms with Gasteiger partial charge in [0.1, 0.15) is 0 Å². The Balaban J connectivity index is 2.19. The van der Waals surface area contributed by atoms with Gasteiger partial charge in [0, 0.05) is 20.1 Å². The first-order chi connectivity index (χ1) is 8.60. The number of fused-ring (bicyclic) bond motifs is 1. The summed E-state index contributed by atoms with van der Waals surface area (Å²) in [5.74, 6) is 0. The third-order valence-electron chi connectivity index (χ3n) is 3.29. The van der Waals surface area contributed by atoms with Crippen LogP contribution in [0.5, 0.6) is 0 Å². The van der Waals surface area contributed by atoms with Gasteiger partial charge in [-0.3, -0.25) is 0 Å². The van der Waals surface area contributed by atoms with E-state index in [0.717, 1.165) is 25.0 Å². The Bertz CT molecular complexity index is 479. The molecule has 0 spiro atoms. The van der Waals surface area contributed by atoms with Gasteiger partial charge < -0.3 is 10.2 Å². The lowest BCUT2D eigenvalue weighted by atomic mass is 9.95. The summed E-state index contributed by atoms with van der Waals surface area (Å²) in [6, 6.07) is 6.57. The number of carbonyl (C=O) groups is 1. The summed E-state index contributed by atoms with van der Waals surface area (Å²) in [7, 11) is 1.68. The second-order valence-corrected chi connectivity index (χ2v) is 4.96. The number of amides is 2. The molecule has 0 aliphatic carbocycles. The van der Waals surface area contributed by atoms with Crippen molar-refractivity contribution in [1.82, 2.24) is 10.2 Å². The molecule has 0 bridgehead atoms. The van der Waals surface area contributed by atoms with Crippen LogP contribution in [0.1, 0.15) is 23.6 Å². The first-order valence-corrected chi connectivity index (χ1v) is 6.32. The number of rotatable bonds is 2. The standard InChI is InChI=1S/C15H20N2O/c1-11(2)8-12-4-5-13-6-7-17(15(18)16-3)10-14(13)9-12/h4-5,9H,1,6-8,10H2,2-3H3,(H,16,18). The van der Waals surface area contributed by atoms with Crippen molar-refractivity contribution in [3.63, 3.8) is 0 Å². The number of allylic oxidation sites excluding steroid dienone is 1. The largest absolute Gasteiger partial charge is 0.341 e. The highest BCUT2D eigenvalue weighted by atomic mass is 16.2. The van der Waals surface area contributed by atoms with Gasteiger partial charge >= 0.3 is 6.03 Å². The van der Waals surface area contributed by atoms with Gasteiger partial charge in [0.05, 0.1) is 0 Å². The highest BCUT2D eigenvalue weighted by Gasteiger charge is 2.19. The maximum Gasteiger partial charge on any atom is 0.317 e. The smallest absolute Gasteiger partial charge is 0.317 e. The van der Waals surface area contributed by atoms with Crippen LogP contribution in [0.2, 0.25) is 0 Å². The van der Waals surface area contributed by atoms with Gasteiger partial charge in [-0.05, 0) is 36.5 Å². The number of nitrogens with zero attached hydrogens (tertiary/aromatic N) is 1. The maximum atomic E-state index is 11.6. The van der Waals surface area contributed by atoms with E-state index in [0.29, 0.717) is 6.54 Å². The second-order valence-electron chi connectivity index (χ2n) is 4.96. The van der Waals surface area contributed by atoms with Crippen LogP contribution in [0, 0.1) is 0 Å². The predicted octanol–water partition coefficient (Wildman–Crippen LogP) is 2.50. The summed E-state index contributed by atoms with van der Waals surface area (Å²) in [6.45, 7) is 7.49. The van der Waals surface area contributed by atoms with Crippen LogP contribution in [0.15, 0.2) is 30.4 Å². The van der Waals surface area contributed by atoms with Gasteiger partial charge in [-0.2, -0.15) is 0 Å². The summed E-state index contributed by atoms with van der Waals surface area (Å²) < 4.78 is 0. The summed E-state index contributed by atoms with van der Waals surface area (Å²) >= 11 is 0. The molecule has 18 heavy (non-hydrogen) atoms. The van der Waals surface area contributed by atoms with Gasteiger partial charge in [0.2, 0.25) is 0 Å². The molecular weight excluding hydrogens is 224 g/mol. The molecule has 3 nitrogen and oxygen atoms in total. The van der Waals surface area contributed by atoms with Crippen molar-refractivity contribution in [3.8, 4) is 0 Å². The molecule has 0 unspecified atom stereocenters. The molecule has 0 atom stereocenters. The summed E-state index contributed by atoms with van der Waals surface area (Å²) in [5, 5.41) is 2.69. The van der Waals surface area contributed by atoms with Crippen LogP contribution >= 0.6 is 0 Å². The fourth-order valence-electron chi connectivity index (χ4n) is 2.40. The van der Waals surface area contributed by atoms with Gasteiger partial charge in [-0.1, -0.05) is 30.4 Å². The molecule has 0 fully saturated rings. The van der Waals surface area contributed by atoms with E-state index in [1.807, 2.05) is 11.8 Å². The summed E-state index contributed by atoms with van der Waals surface area (Å²) in [5.41, 5.74) is 5.07. The predicted molar refractivity (Wildman–Crippen MR) is 73.5 cm³/mol. The summed E-state index contributed by atoms with van der Waals surface area (Å²) in [4.78, 5) is 13.5. The molecule has 1 aliphatic heterocycles. The lowest BCUT2D eigenvalue weighted by molar-refractivity contribution is 0.194. The minimum atomic E-state index is 0.00551. The zero-order valence-electron chi connectivity index (χ0n) is 11.1. The van der Waals surface area contributed by atoms with E-state index in [-0.39, 0.29) is 6.03 Å². The van der Waals surface area contributed by atoms with Crippen LogP contribution in [0.4, 0.5) is 4.79 Å². The molecular formula is C15H20N2O. The molecule has 0 saturated carbocycles. The van der Waals surface area contributed by atoms with Crippen LogP contribution in [-0.4, -0.2) is 24.5 Å². The quantitative estimate of drug-likeness (QED) is 0.797. The lowest BCUT2D eigenvalue weighted by Gasteiger charge is -2.28. The summed E-state index contributed by atoms with van der Waals surface area (Å²) in [6.07, 6.45) is 1.85.